The highest BCUT2D eigenvalue weighted by molar-refractivity contribution is 5.91. The van der Waals surface area contributed by atoms with E-state index < -0.39 is 23.9 Å². The number of hydrogen-bond donors (Lipinski definition) is 3. The second kappa shape index (κ2) is 25.2. The Morgan fingerprint density at radius 2 is 1.20 bits per heavy atom. The summed E-state index contributed by atoms with van der Waals surface area (Å²) in [5.74, 6) is -4.25. The van der Waals surface area contributed by atoms with Gasteiger partial charge >= 0.3 is 29.8 Å². The van der Waals surface area contributed by atoms with Gasteiger partial charge in [0.1, 0.15) is 6.61 Å². The number of ether oxygens (including phenoxy) is 3. The number of amides is 1. The highest BCUT2D eigenvalue weighted by Gasteiger charge is 2.09. The van der Waals surface area contributed by atoms with Crippen molar-refractivity contribution >= 4 is 35.8 Å². The van der Waals surface area contributed by atoms with Gasteiger partial charge in [-0.25, -0.2) is 19.2 Å². The van der Waals surface area contributed by atoms with Gasteiger partial charge in [0.2, 0.25) is 5.91 Å². The van der Waals surface area contributed by atoms with Gasteiger partial charge in [-0.1, -0.05) is 13.3 Å². The zero-order valence-electron chi connectivity index (χ0n) is 23.8. The molecular weight excluding hydrogens is 540 g/mol. The molecule has 0 aliphatic heterocycles. The molecule has 0 fully saturated rings. The van der Waals surface area contributed by atoms with Crippen LogP contribution >= 0.6 is 0 Å². The summed E-state index contributed by atoms with van der Waals surface area (Å²) in [6.45, 7) is 5.13. The van der Waals surface area contributed by atoms with Crippen molar-refractivity contribution in [2.75, 3.05) is 46.0 Å². The van der Waals surface area contributed by atoms with Crippen LogP contribution in [0.3, 0.4) is 0 Å². The molecule has 0 aliphatic rings. The Kier molecular flexibility index (Phi) is 22.9. The maximum Gasteiger partial charge on any atom is 0.331 e. The van der Waals surface area contributed by atoms with Crippen LogP contribution in [-0.2, 0) is 43.0 Å². The number of rotatable bonds is 25. The number of nitrogens with one attached hydrogen (secondary N) is 1. The van der Waals surface area contributed by atoms with Gasteiger partial charge in [-0.3, -0.25) is 14.5 Å². The van der Waals surface area contributed by atoms with Gasteiger partial charge in [-0.05, 0) is 51.5 Å². The second-order valence-electron chi connectivity index (χ2n) is 9.07. The molecule has 0 radical (unpaired) electrons. The molecule has 0 aromatic carbocycles. The molecular formula is C28H44N2O11. The van der Waals surface area contributed by atoms with E-state index in [9.17, 15) is 28.8 Å². The van der Waals surface area contributed by atoms with Crippen LogP contribution in [0.4, 0.5) is 0 Å². The van der Waals surface area contributed by atoms with Crippen molar-refractivity contribution in [3.05, 3.63) is 24.3 Å². The quantitative estimate of drug-likeness (QED) is 0.0616. The van der Waals surface area contributed by atoms with E-state index in [4.69, 9.17) is 24.4 Å². The Balaban J connectivity index is 3.95. The smallest absolute Gasteiger partial charge is 0.331 e. The fourth-order valence-electron chi connectivity index (χ4n) is 3.35. The monoisotopic (exact) mass is 584 g/mol. The van der Waals surface area contributed by atoms with Gasteiger partial charge in [0.25, 0.3) is 0 Å². The predicted molar refractivity (Wildman–Crippen MR) is 148 cm³/mol. The lowest BCUT2D eigenvalue weighted by atomic mass is 10.2. The molecule has 41 heavy (non-hydrogen) atoms. The molecule has 0 rings (SSSR count). The minimum absolute atomic E-state index is 0.0697. The molecule has 1 amide bonds. The van der Waals surface area contributed by atoms with Crippen molar-refractivity contribution in [3.8, 4) is 0 Å². The van der Waals surface area contributed by atoms with Crippen LogP contribution in [0.15, 0.2) is 24.3 Å². The van der Waals surface area contributed by atoms with Crippen LogP contribution in [-0.4, -0.2) is 96.9 Å². The Hall–Kier alpha value is -3.74. The molecule has 0 unspecified atom stereocenters. The first-order chi connectivity index (χ1) is 19.6. The summed E-state index contributed by atoms with van der Waals surface area (Å²) in [6, 6.07) is 0. The molecule has 0 spiro atoms. The standard InChI is InChI=1S/C28H44N2O11/c1-2-3-17-30(18-16-29-23(31)10-6-4-8-20-39-27(37)14-12-24(32)33)19-22-41-26(36)11-7-5-9-21-40-28(38)15-13-25(34)35/h12-15H,2-11,16-22H2,1H3,(H,29,31)(H,32,33)(H,34,35)/b14-12+,15-13+. The van der Waals surface area contributed by atoms with Crippen LogP contribution in [0.2, 0.25) is 0 Å². The fourth-order valence-corrected chi connectivity index (χ4v) is 3.35. The molecule has 0 atom stereocenters. The number of carbonyl (C=O) groups is 6. The predicted octanol–water partition coefficient (Wildman–Crippen LogP) is 2.24. The summed E-state index contributed by atoms with van der Waals surface area (Å²) in [5.41, 5.74) is 0. The second-order valence-corrected chi connectivity index (χ2v) is 9.07. The van der Waals surface area contributed by atoms with Gasteiger partial charge in [-0.15, -0.1) is 0 Å². The minimum atomic E-state index is -1.23. The molecule has 0 bridgehead atoms. The molecule has 0 aromatic heterocycles. The minimum Gasteiger partial charge on any atom is -0.478 e. The molecule has 0 saturated carbocycles. The molecule has 13 heteroatoms. The topological polar surface area (TPSA) is 186 Å². The molecule has 3 N–H and O–H groups in total. The third kappa shape index (κ3) is 26.3. The van der Waals surface area contributed by atoms with Gasteiger partial charge in [-0.2, -0.15) is 0 Å². The molecule has 0 saturated heterocycles. The third-order valence-corrected chi connectivity index (χ3v) is 5.53. The van der Waals surface area contributed by atoms with E-state index in [0.29, 0.717) is 76.7 Å². The Labute approximate surface area is 240 Å². The number of hydrogen-bond acceptors (Lipinski definition) is 10. The number of esters is 3. The molecule has 0 heterocycles. The van der Waals surface area contributed by atoms with Gasteiger partial charge < -0.3 is 29.7 Å². The Morgan fingerprint density at radius 3 is 1.73 bits per heavy atom. The normalized spacial score (nSPS) is 11.1. The first-order valence-electron chi connectivity index (χ1n) is 13.9. The van der Waals surface area contributed by atoms with Crippen molar-refractivity contribution in [1.82, 2.24) is 10.2 Å². The summed E-state index contributed by atoms with van der Waals surface area (Å²) < 4.78 is 15.0. The number of unbranched alkanes of at least 4 members (excludes halogenated alkanes) is 5. The lowest BCUT2D eigenvalue weighted by Gasteiger charge is -2.22. The van der Waals surface area contributed by atoms with Crippen LogP contribution in [0, 0.1) is 0 Å². The fraction of sp³-hybridized carbons (Fsp3) is 0.643. The number of nitrogens with zero attached hydrogens (tertiary/aromatic N) is 1. The van der Waals surface area contributed by atoms with E-state index in [2.05, 4.69) is 17.1 Å². The van der Waals surface area contributed by atoms with E-state index in [1.165, 1.54) is 0 Å². The van der Waals surface area contributed by atoms with Crippen LogP contribution in [0.1, 0.15) is 71.1 Å². The first-order valence-corrected chi connectivity index (χ1v) is 13.9. The van der Waals surface area contributed by atoms with Crippen molar-refractivity contribution in [3.63, 3.8) is 0 Å². The van der Waals surface area contributed by atoms with Crippen molar-refractivity contribution in [2.24, 2.45) is 0 Å². The van der Waals surface area contributed by atoms with E-state index in [0.717, 1.165) is 31.5 Å². The number of carbonyl (C=O) groups excluding carboxylic acids is 4. The average molecular weight is 585 g/mol. The molecule has 232 valence electrons. The zero-order valence-corrected chi connectivity index (χ0v) is 23.8. The lowest BCUT2D eigenvalue weighted by Crippen LogP contribution is -2.37. The highest BCUT2D eigenvalue weighted by atomic mass is 16.5. The maximum atomic E-state index is 12.1. The summed E-state index contributed by atoms with van der Waals surface area (Å²) >= 11 is 0. The molecule has 13 nitrogen and oxygen atoms in total. The molecule has 0 aliphatic carbocycles. The summed E-state index contributed by atoms with van der Waals surface area (Å²) in [7, 11) is 0. The summed E-state index contributed by atoms with van der Waals surface area (Å²) in [6.07, 6.45) is 9.43. The van der Waals surface area contributed by atoms with Crippen LogP contribution in [0.5, 0.6) is 0 Å². The van der Waals surface area contributed by atoms with E-state index in [-0.39, 0.29) is 38.1 Å². The SMILES string of the molecule is CCCCN(CCNC(=O)CCCCCOC(=O)/C=C/C(=O)O)CCOC(=O)CCCCCOC(=O)/C=C/C(=O)O. The molecule has 0 aromatic rings. The van der Waals surface area contributed by atoms with Gasteiger partial charge in [0.05, 0.1) is 13.2 Å². The van der Waals surface area contributed by atoms with E-state index in [1.807, 2.05) is 0 Å². The zero-order chi connectivity index (χ0) is 30.7. The van der Waals surface area contributed by atoms with Crippen molar-refractivity contribution in [2.45, 2.75) is 71.1 Å². The van der Waals surface area contributed by atoms with Gasteiger partial charge in [0.15, 0.2) is 0 Å². The van der Waals surface area contributed by atoms with Crippen molar-refractivity contribution < 1.29 is 53.2 Å². The van der Waals surface area contributed by atoms with Crippen LogP contribution < -0.4 is 5.32 Å². The maximum absolute atomic E-state index is 12.1. The van der Waals surface area contributed by atoms with Gasteiger partial charge in [0, 0.05) is 56.8 Å². The van der Waals surface area contributed by atoms with Crippen LogP contribution in [0.25, 0.3) is 0 Å². The number of carboxylic acid groups (broad SMARTS) is 2. The van der Waals surface area contributed by atoms with E-state index >= 15 is 0 Å². The summed E-state index contributed by atoms with van der Waals surface area (Å²) in [4.78, 5) is 69.4. The largest absolute Gasteiger partial charge is 0.478 e. The Morgan fingerprint density at radius 1 is 0.634 bits per heavy atom. The lowest BCUT2D eigenvalue weighted by molar-refractivity contribution is -0.144. The first kappa shape index (κ1) is 37.3. The van der Waals surface area contributed by atoms with Crippen molar-refractivity contribution in [1.29, 1.82) is 0 Å². The summed E-state index contributed by atoms with van der Waals surface area (Å²) in [5, 5.41) is 19.8. The highest BCUT2D eigenvalue weighted by Crippen LogP contribution is 2.04. The number of aliphatic carboxylic acids is 2. The Bertz CT molecular complexity index is 805. The number of carboxylic acids is 2. The van der Waals surface area contributed by atoms with E-state index in [1.54, 1.807) is 0 Å². The third-order valence-electron chi connectivity index (χ3n) is 5.53. The average Bonchev–Trinajstić information content (AvgIpc) is 2.92.